The highest BCUT2D eigenvalue weighted by Crippen LogP contribution is 2.49. The van der Waals surface area contributed by atoms with E-state index in [1.165, 1.54) is 36.9 Å². The summed E-state index contributed by atoms with van der Waals surface area (Å²) in [6, 6.07) is 0.263. The quantitative estimate of drug-likeness (QED) is 0.763. The lowest BCUT2D eigenvalue weighted by molar-refractivity contribution is 0.357. The molecule has 0 saturated heterocycles. The summed E-state index contributed by atoms with van der Waals surface area (Å²) in [4.78, 5) is 0. The largest absolute Gasteiger partial charge is 0.329 e. The van der Waals surface area contributed by atoms with Crippen LogP contribution in [0.25, 0.3) is 0 Å². The van der Waals surface area contributed by atoms with E-state index in [9.17, 15) is 0 Å². The molecule has 1 aromatic rings. The summed E-state index contributed by atoms with van der Waals surface area (Å²) >= 11 is 0. The van der Waals surface area contributed by atoms with E-state index in [4.69, 9.17) is 5.73 Å². The Morgan fingerprint density at radius 1 is 1.35 bits per heavy atom. The second-order valence-corrected chi connectivity index (χ2v) is 6.59. The molecule has 0 aromatic carbocycles. The van der Waals surface area contributed by atoms with Crippen LogP contribution < -0.4 is 11.1 Å². The van der Waals surface area contributed by atoms with Crippen molar-refractivity contribution in [3.8, 4) is 0 Å². The molecule has 1 unspecified atom stereocenters. The fourth-order valence-corrected chi connectivity index (χ4v) is 3.48. The lowest BCUT2D eigenvalue weighted by Gasteiger charge is -2.22. The van der Waals surface area contributed by atoms with Crippen LogP contribution in [0.5, 0.6) is 0 Å². The van der Waals surface area contributed by atoms with Crippen LogP contribution in [0.15, 0.2) is 6.20 Å². The van der Waals surface area contributed by atoms with Crippen molar-refractivity contribution in [3.63, 3.8) is 0 Å². The van der Waals surface area contributed by atoms with Crippen molar-refractivity contribution >= 4 is 0 Å². The molecule has 3 N–H and O–H groups in total. The number of hydrogen-bond donors (Lipinski definition) is 2. The van der Waals surface area contributed by atoms with Gasteiger partial charge < -0.3 is 11.1 Å². The van der Waals surface area contributed by atoms with Gasteiger partial charge in [-0.1, -0.05) is 6.92 Å². The summed E-state index contributed by atoms with van der Waals surface area (Å²) in [7, 11) is 1.99. The van der Waals surface area contributed by atoms with E-state index in [0.717, 1.165) is 30.7 Å². The number of aromatic nitrogens is 2. The van der Waals surface area contributed by atoms with Gasteiger partial charge >= 0.3 is 0 Å². The summed E-state index contributed by atoms with van der Waals surface area (Å²) in [6.45, 7) is 3.95. The number of nitrogens with one attached hydrogen (secondary N) is 1. The number of nitrogens with zero attached hydrogens (tertiary/aromatic N) is 2. The topological polar surface area (TPSA) is 55.9 Å². The molecule has 1 aromatic heterocycles. The first-order chi connectivity index (χ1) is 9.72. The third-order valence-corrected chi connectivity index (χ3v) is 4.94. The van der Waals surface area contributed by atoms with Gasteiger partial charge in [-0.05, 0) is 56.4 Å². The van der Waals surface area contributed by atoms with Crippen LogP contribution in [0.4, 0.5) is 0 Å². The van der Waals surface area contributed by atoms with Gasteiger partial charge in [0.2, 0.25) is 0 Å². The van der Waals surface area contributed by atoms with Gasteiger partial charge in [0.25, 0.3) is 0 Å². The number of hydrogen-bond acceptors (Lipinski definition) is 3. The van der Waals surface area contributed by atoms with E-state index in [1.807, 2.05) is 11.7 Å². The molecule has 2 aliphatic carbocycles. The van der Waals surface area contributed by atoms with Crippen LogP contribution in [-0.4, -0.2) is 22.9 Å². The molecular weight excluding hydrogens is 248 g/mol. The van der Waals surface area contributed by atoms with E-state index in [2.05, 4.69) is 23.5 Å². The summed E-state index contributed by atoms with van der Waals surface area (Å²) in [5.74, 6) is 2.88. The zero-order chi connectivity index (χ0) is 14.1. The van der Waals surface area contributed by atoms with E-state index in [1.54, 1.807) is 0 Å². The Hall–Kier alpha value is -0.870. The van der Waals surface area contributed by atoms with Crippen LogP contribution >= 0.6 is 0 Å². The molecule has 0 spiro atoms. The molecule has 2 aliphatic rings. The van der Waals surface area contributed by atoms with Gasteiger partial charge in [0.15, 0.2) is 0 Å². The van der Waals surface area contributed by atoms with Crippen LogP contribution in [0, 0.1) is 17.8 Å². The zero-order valence-electron chi connectivity index (χ0n) is 12.8. The molecule has 1 atom stereocenters. The summed E-state index contributed by atoms with van der Waals surface area (Å²) < 4.78 is 1.91. The van der Waals surface area contributed by atoms with Crippen molar-refractivity contribution in [2.75, 3.05) is 13.1 Å². The molecule has 0 aliphatic heterocycles. The first kappa shape index (κ1) is 14.1. The third-order valence-electron chi connectivity index (χ3n) is 4.94. The molecule has 4 heteroatoms. The lowest BCUT2D eigenvalue weighted by atomic mass is 9.97. The lowest BCUT2D eigenvalue weighted by Crippen LogP contribution is -2.34. The smallest absolute Gasteiger partial charge is 0.0670 e. The molecule has 0 radical (unpaired) electrons. The van der Waals surface area contributed by atoms with Crippen LogP contribution in [-0.2, 0) is 13.5 Å². The predicted molar refractivity (Wildman–Crippen MR) is 81.3 cm³/mol. The highest BCUT2D eigenvalue weighted by molar-refractivity contribution is 5.22. The Balaban J connectivity index is 1.63. The van der Waals surface area contributed by atoms with Crippen LogP contribution in [0.1, 0.15) is 49.9 Å². The van der Waals surface area contributed by atoms with Crippen LogP contribution in [0.3, 0.4) is 0 Å². The number of aryl methyl sites for hydroxylation is 2. The minimum absolute atomic E-state index is 0.263. The van der Waals surface area contributed by atoms with E-state index >= 15 is 0 Å². The van der Waals surface area contributed by atoms with E-state index < -0.39 is 0 Å². The van der Waals surface area contributed by atoms with Gasteiger partial charge in [0.05, 0.1) is 5.69 Å². The van der Waals surface area contributed by atoms with E-state index in [0.29, 0.717) is 6.54 Å². The predicted octanol–water partition coefficient (Wildman–Crippen LogP) is 2.01. The Kier molecular flexibility index (Phi) is 4.13. The maximum absolute atomic E-state index is 6.01. The first-order valence-electron chi connectivity index (χ1n) is 8.18. The van der Waals surface area contributed by atoms with Gasteiger partial charge in [0, 0.05) is 31.4 Å². The standard InChI is InChI=1S/C16H28N4/c1-3-15-14(10-20(2)19-15)16(8-17)18-9-13(11-4-5-11)12-6-7-12/h10-13,16,18H,3-9,17H2,1-2H3. The fourth-order valence-electron chi connectivity index (χ4n) is 3.48. The van der Waals surface area contributed by atoms with Gasteiger partial charge in [-0.2, -0.15) is 5.10 Å². The third kappa shape index (κ3) is 3.07. The number of rotatable bonds is 8. The second kappa shape index (κ2) is 5.86. The Labute approximate surface area is 122 Å². The Morgan fingerprint density at radius 2 is 2.00 bits per heavy atom. The van der Waals surface area contributed by atoms with Gasteiger partial charge in [0.1, 0.15) is 0 Å². The molecule has 3 rings (SSSR count). The molecule has 20 heavy (non-hydrogen) atoms. The average Bonchev–Trinajstić information content (AvgIpc) is 3.34. The summed E-state index contributed by atoms with van der Waals surface area (Å²) in [5, 5.41) is 8.28. The van der Waals surface area contributed by atoms with Crippen LogP contribution in [0.2, 0.25) is 0 Å². The second-order valence-electron chi connectivity index (χ2n) is 6.59. The fraction of sp³-hybridized carbons (Fsp3) is 0.812. The van der Waals surface area contributed by atoms with Crippen molar-refractivity contribution in [2.24, 2.45) is 30.5 Å². The SMILES string of the molecule is CCc1nn(C)cc1C(CN)NCC(C1CC1)C1CC1. The molecule has 0 amide bonds. The van der Waals surface area contributed by atoms with Crippen molar-refractivity contribution < 1.29 is 0 Å². The maximum Gasteiger partial charge on any atom is 0.0670 e. The van der Waals surface area contributed by atoms with Crippen molar-refractivity contribution in [1.82, 2.24) is 15.1 Å². The van der Waals surface area contributed by atoms with Gasteiger partial charge in [-0.3, -0.25) is 4.68 Å². The van der Waals surface area contributed by atoms with Gasteiger partial charge in [-0.15, -0.1) is 0 Å². The Morgan fingerprint density at radius 3 is 2.50 bits per heavy atom. The molecular formula is C16H28N4. The zero-order valence-corrected chi connectivity index (χ0v) is 12.8. The molecule has 0 bridgehead atoms. The van der Waals surface area contributed by atoms with Crippen molar-refractivity contribution in [3.05, 3.63) is 17.5 Å². The molecule has 2 fully saturated rings. The number of nitrogens with two attached hydrogens (primary N) is 1. The Bertz CT molecular complexity index is 433. The molecule has 2 saturated carbocycles. The summed E-state index contributed by atoms with van der Waals surface area (Å²) in [5.41, 5.74) is 8.49. The average molecular weight is 276 g/mol. The molecule has 4 nitrogen and oxygen atoms in total. The normalized spacial score (nSPS) is 20.6. The van der Waals surface area contributed by atoms with Crippen molar-refractivity contribution in [2.45, 2.75) is 45.1 Å². The first-order valence-corrected chi connectivity index (χ1v) is 8.18. The monoisotopic (exact) mass is 276 g/mol. The maximum atomic E-state index is 6.01. The summed E-state index contributed by atoms with van der Waals surface area (Å²) in [6.07, 6.45) is 8.90. The molecule has 1 heterocycles. The highest BCUT2D eigenvalue weighted by atomic mass is 15.3. The minimum Gasteiger partial charge on any atom is -0.329 e. The van der Waals surface area contributed by atoms with Crippen molar-refractivity contribution in [1.29, 1.82) is 0 Å². The van der Waals surface area contributed by atoms with E-state index in [-0.39, 0.29) is 6.04 Å². The minimum atomic E-state index is 0.263. The molecule has 112 valence electrons. The highest BCUT2D eigenvalue weighted by Gasteiger charge is 2.41. The van der Waals surface area contributed by atoms with Gasteiger partial charge in [-0.25, -0.2) is 0 Å².